The third kappa shape index (κ3) is 2.26. The van der Waals surface area contributed by atoms with Gasteiger partial charge in [-0.2, -0.15) is 0 Å². The van der Waals surface area contributed by atoms with Gasteiger partial charge >= 0.3 is 0 Å². The lowest BCUT2D eigenvalue weighted by molar-refractivity contribution is 0.796. The van der Waals surface area contributed by atoms with E-state index in [9.17, 15) is 4.79 Å². The van der Waals surface area contributed by atoms with Crippen molar-refractivity contribution >= 4 is 10.9 Å². The predicted molar refractivity (Wildman–Crippen MR) is 72.7 cm³/mol. The second-order valence-corrected chi connectivity index (χ2v) is 4.69. The van der Waals surface area contributed by atoms with Gasteiger partial charge in [-0.15, -0.1) is 0 Å². The van der Waals surface area contributed by atoms with Gasteiger partial charge in [-0.3, -0.25) is 4.79 Å². The van der Waals surface area contributed by atoms with Gasteiger partial charge < -0.3 is 4.98 Å². The lowest BCUT2D eigenvalue weighted by Crippen LogP contribution is -2.09. The van der Waals surface area contributed by atoms with Gasteiger partial charge in [0, 0.05) is 22.2 Å². The third-order valence-electron chi connectivity index (χ3n) is 3.37. The topological polar surface area (TPSA) is 32.9 Å². The van der Waals surface area contributed by atoms with Crippen LogP contribution in [-0.2, 0) is 6.42 Å². The average molecular weight is 229 g/mol. The second kappa shape index (κ2) is 4.74. The number of unbranched alkanes of at least 4 members (excludes halogenated alkanes) is 1. The highest BCUT2D eigenvalue weighted by molar-refractivity contribution is 5.80. The van der Waals surface area contributed by atoms with Gasteiger partial charge in [-0.25, -0.2) is 0 Å². The Balaban J connectivity index is 2.57. The van der Waals surface area contributed by atoms with E-state index in [4.69, 9.17) is 0 Å². The number of rotatable bonds is 3. The minimum absolute atomic E-state index is 0.162. The highest BCUT2D eigenvalue weighted by Crippen LogP contribution is 2.14. The molecule has 2 aromatic rings. The van der Waals surface area contributed by atoms with Crippen LogP contribution < -0.4 is 5.43 Å². The molecule has 1 aromatic heterocycles. The summed E-state index contributed by atoms with van der Waals surface area (Å²) in [6, 6.07) is 6.17. The molecule has 0 radical (unpaired) electrons. The molecular weight excluding hydrogens is 210 g/mol. The molecule has 1 aromatic carbocycles. The fourth-order valence-corrected chi connectivity index (χ4v) is 2.09. The molecule has 2 heteroatoms. The van der Waals surface area contributed by atoms with Crippen molar-refractivity contribution in [1.82, 2.24) is 4.98 Å². The minimum atomic E-state index is 0.162. The fraction of sp³-hybridized carbons (Fsp3) is 0.400. The van der Waals surface area contributed by atoms with Gasteiger partial charge in [0.05, 0.1) is 0 Å². The van der Waals surface area contributed by atoms with E-state index in [1.165, 1.54) is 18.4 Å². The SMILES string of the molecule is CCCCc1ccc2[nH]c(C)c(C)c(=O)c2c1. The van der Waals surface area contributed by atoms with E-state index in [1.807, 2.05) is 26.0 Å². The van der Waals surface area contributed by atoms with Crippen molar-refractivity contribution in [3.05, 3.63) is 45.2 Å². The summed E-state index contributed by atoms with van der Waals surface area (Å²) >= 11 is 0. The molecule has 2 nitrogen and oxygen atoms in total. The van der Waals surface area contributed by atoms with E-state index in [0.717, 1.165) is 28.6 Å². The summed E-state index contributed by atoms with van der Waals surface area (Å²) < 4.78 is 0. The first-order valence-corrected chi connectivity index (χ1v) is 6.25. The van der Waals surface area contributed by atoms with Crippen molar-refractivity contribution in [2.45, 2.75) is 40.0 Å². The maximum atomic E-state index is 12.2. The number of aromatic amines is 1. The summed E-state index contributed by atoms with van der Waals surface area (Å²) in [6.07, 6.45) is 3.41. The predicted octanol–water partition coefficient (Wildman–Crippen LogP) is 3.49. The zero-order valence-electron chi connectivity index (χ0n) is 10.8. The molecule has 0 saturated heterocycles. The molecule has 0 unspecified atom stereocenters. The summed E-state index contributed by atoms with van der Waals surface area (Å²) in [5.74, 6) is 0. The van der Waals surface area contributed by atoms with Crippen LogP contribution in [-0.4, -0.2) is 4.98 Å². The van der Waals surface area contributed by atoms with E-state index < -0.39 is 0 Å². The van der Waals surface area contributed by atoms with Crippen molar-refractivity contribution in [3.8, 4) is 0 Å². The molecule has 0 fully saturated rings. The molecule has 0 bridgehead atoms. The van der Waals surface area contributed by atoms with E-state index >= 15 is 0 Å². The summed E-state index contributed by atoms with van der Waals surface area (Å²) in [5, 5.41) is 0.821. The monoisotopic (exact) mass is 229 g/mol. The number of hydrogen-bond acceptors (Lipinski definition) is 1. The Morgan fingerprint density at radius 3 is 2.71 bits per heavy atom. The van der Waals surface area contributed by atoms with Crippen LogP contribution in [0, 0.1) is 13.8 Å². The molecule has 0 saturated carbocycles. The highest BCUT2D eigenvalue weighted by atomic mass is 16.1. The molecule has 0 aliphatic rings. The van der Waals surface area contributed by atoms with Crippen molar-refractivity contribution < 1.29 is 0 Å². The maximum absolute atomic E-state index is 12.2. The lowest BCUT2D eigenvalue weighted by Gasteiger charge is -2.06. The molecule has 2 rings (SSSR count). The van der Waals surface area contributed by atoms with Crippen LogP contribution in [0.2, 0.25) is 0 Å². The summed E-state index contributed by atoms with van der Waals surface area (Å²) in [7, 11) is 0. The van der Waals surface area contributed by atoms with Crippen LogP contribution in [0.5, 0.6) is 0 Å². The summed E-state index contributed by atoms with van der Waals surface area (Å²) in [6.45, 7) is 6.01. The number of aryl methyl sites for hydroxylation is 2. The molecule has 90 valence electrons. The molecule has 1 N–H and O–H groups in total. The largest absolute Gasteiger partial charge is 0.358 e. The summed E-state index contributed by atoms with van der Waals surface area (Å²) in [4.78, 5) is 15.4. The Bertz CT molecular complexity index is 596. The van der Waals surface area contributed by atoms with E-state index in [-0.39, 0.29) is 5.43 Å². The van der Waals surface area contributed by atoms with Gasteiger partial charge in [0.2, 0.25) is 0 Å². The quantitative estimate of drug-likeness (QED) is 0.858. The van der Waals surface area contributed by atoms with Crippen LogP contribution in [0.15, 0.2) is 23.0 Å². The zero-order chi connectivity index (χ0) is 12.4. The van der Waals surface area contributed by atoms with Crippen LogP contribution in [0.4, 0.5) is 0 Å². The van der Waals surface area contributed by atoms with Crippen LogP contribution in [0.1, 0.15) is 36.6 Å². The van der Waals surface area contributed by atoms with Gasteiger partial charge in [0.15, 0.2) is 5.43 Å². The first kappa shape index (κ1) is 11.9. The van der Waals surface area contributed by atoms with Crippen LogP contribution in [0.25, 0.3) is 10.9 Å². The molecule has 0 aliphatic carbocycles. The van der Waals surface area contributed by atoms with Gasteiger partial charge in [0.1, 0.15) is 0 Å². The Kier molecular flexibility index (Phi) is 3.32. The standard InChI is InChI=1S/C15H19NO/c1-4-5-6-12-7-8-14-13(9-12)15(17)10(2)11(3)16-14/h7-9H,4-6H2,1-3H3,(H,16,17). The van der Waals surface area contributed by atoms with Gasteiger partial charge in [-0.1, -0.05) is 19.4 Å². The molecule has 17 heavy (non-hydrogen) atoms. The Morgan fingerprint density at radius 1 is 1.24 bits per heavy atom. The molecule has 0 spiro atoms. The Labute approximate surface area is 102 Å². The maximum Gasteiger partial charge on any atom is 0.192 e. The van der Waals surface area contributed by atoms with Crippen LogP contribution >= 0.6 is 0 Å². The molecular formula is C15H19NO. The molecule has 0 aliphatic heterocycles. The molecule has 1 heterocycles. The number of benzene rings is 1. The highest BCUT2D eigenvalue weighted by Gasteiger charge is 2.05. The van der Waals surface area contributed by atoms with Crippen molar-refractivity contribution in [2.75, 3.05) is 0 Å². The van der Waals surface area contributed by atoms with Crippen molar-refractivity contribution in [2.24, 2.45) is 0 Å². The summed E-state index contributed by atoms with van der Waals surface area (Å²) in [5.41, 5.74) is 4.15. The first-order valence-electron chi connectivity index (χ1n) is 6.25. The third-order valence-corrected chi connectivity index (χ3v) is 3.37. The normalized spacial score (nSPS) is 11.0. The number of H-pyrrole nitrogens is 1. The zero-order valence-corrected chi connectivity index (χ0v) is 10.8. The van der Waals surface area contributed by atoms with Crippen LogP contribution in [0.3, 0.4) is 0 Å². The Hall–Kier alpha value is -1.57. The van der Waals surface area contributed by atoms with Gasteiger partial charge in [-0.05, 0) is 44.4 Å². The average Bonchev–Trinajstić information content (AvgIpc) is 2.34. The minimum Gasteiger partial charge on any atom is -0.358 e. The van der Waals surface area contributed by atoms with Crippen molar-refractivity contribution in [1.29, 1.82) is 0 Å². The number of hydrogen-bond donors (Lipinski definition) is 1. The first-order chi connectivity index (χ1) is 8.13. The Morgan fingerprint density at radius 2 is 2.00 bits per heavy atom. The second-order valence-electron chi connectivity index (χ2n) is 4.69. The van der Waals surface area contributed by atoms with E-state index in [1.54, 1.807) is 0 Å². The number of pyridine rings is 1. The van der Waals surface area contributed by atoms with Crippen molar-refractivity contribution in [3.63, 3.8) is 0 Å². The number of nitrogens with one attached hydrogen (secondary N) is 1. The number of aromatic nitrogens is 1. The fourth-order valence-electron chi connectivity index (χ4n) is 2.09. The number of fused-ring (bicyclic) bond motifs is 1. The van der Waals surface area contributed by atoms with Gasteiger partial charge in [0.25, 0.3) is 0 Å². The van der Waals surface area contributed by atoms with E-state index in [0.29, 0.717) is 0 Å². The molecule has 0 amide bonds. The smallest absolute Gasteiger partial charge is 0.192 e. The molecule has 0 atom stereocenters. The lowest BCUT2D eigenvalue weighted by atomic mass is 10.0. The van der Waals surface area contributed by atoms with E-state index in [2.05, 4.69) is 18.0 Å².